The molecule has 0 unspecified atom stereocenters. The number of benzene rings is 1. The van der Waals surface area contributed by atoms with E-state index in [-0.39, 0.29) is 6.10 Å². The molecule has 2 rings (SSSR count). The van der Waals surface area contributed by atoms with Crippen LogP contribution < -0.4 is 5.73 Å². The van der Waals surface area contributed by atoms with Crippen molar-refractivity contribution in [2.24, 2.45) is 5.73 Å². The van der Waals surface area contributed by atoms with E-state index in [1.54, 1.807) is 12.1 Å². The normalized spacial score (nSPS) is 21.5. The van der Waals surface area contributed by atoms with E-state index in [2.05, 4.69) is 0 Å². The van der Waals surface area contributed by atoms with Crippen LogP contribution in [0.15, 0.2) is 29.2 Å². The summed E-state index contributed by atoms with van der Waals surface area (Å²) in [5.41, 5.74) is 6.66. The summed E-state index contributed by atoms with van der Waals surface area (Å²) in [6, 6.07) is 7.05. The van der Waals surface area contributed by atoms with Gasteiger partial charge >= 0.3 is 0 Å². The van der Waals surface area contributed by atoms with Gasteiger partial charge < -0.3 is 10.5 Å². The van der Waals surface area contributed by atoms with Crippen LogP contribution in [0.5, 0.6) is 0 Å². The number of rotatable bonds is 4. The highest BCUT2D eigenvalue weighted by molar-refractivity contribution is 7.89. The molecule has 1 aromatic carbocycles. The largest absolute Gasteiger partial charge is 0.374 e. The van der Waals surface area contributed by atoms with E-state index in [1.165, 1.54) is 4.31 Å². The minimum absolute atomic E-state index is 0.210. The Bertz CT molecular complexity index is 513. The van der Waals surface area contributed by atoms with Crippen LogP contribution in [0.3, 0.4) is 0 Å². The fraction of sp³-hybridized carbons (Fsp3) is 0.538. The molecule has 1 atom stereocenters. The predicted octanol–water partition coefficient (Wildman–Crippen LogP) is 0.597. The van der Waals surface area contributed by atoms with Gasteiger partial charge in [0.25, 0.3) is 0 Å². The molecule has 0 radical (unpaired) electrons. The average molecular weight is 284 g/mol. The third-order valence-electron chi connectivity index (χ3n) is 3.33. The van der Waals surface area contributed by atoms with Crippen molar-refractivity contribution in [2.45, 2.75) is 24.3 Å². The summed E-state index contributed by atoms with van der Waals surface area (Å²) < 4.78 is 31.8. The van der Waals surface area contributed by atoms with Gasteiger partial charge in [0.1, 0.15) is 0 Å². The van der Waals surface area contributed by atoms with E-state index in [1.807, 2.05) is 19.1 Å². The summed E-state index contributed by atoms with van der Waals surface area (Å²) in [7, 11) is -3.43. The number of nitrogens with zero attached hydrogens (tertiary/aromatic N) is 1. The highest BCUT2D eigenvalue weighted by Gasteiger charge is 2.30. The lowest BCUT2D eigenvalue weighted by Crippen LogP contribution is -2.48. The number of hydrogen-bond donors (Lipinski definition) is 1. The van der Waals surface area contributed by atoms with Crippen LogP contribution in [0.4, 0.5) is 0 Å². The van der Waals surface area contributed by atoms with Crippen LogP contribution in [0.2, 0.25) is 0 Å². The first-order valence-electron chi connectivity index (χ1n) is 6.48. The number of sulfonamides is 1. The van der Waals surface area contributed by atoms with Crippen molar-refractivity contribution in [1.82, 2.24) is 4.31 Å². The quantitative estimate of drug-likeness (QED) is 0.878. The molecule has 106 valence electrons. The predicted molar refractivity (Wildman–Crippen MR) is 73.4 cm³/mol. The first-order chi connectivity index (χ1) is 9.07. The van der Waals surface area contributed by atoms with Crippen molar-refractivity contribution in [1.29, 1.82) is 0 Å². The van der Waals surface area contributed by atoms with E-state index in [4.69, 9.17) is 10.5 Å². The lowest BCUT2D eigenvalue weighted by Gasteiger charge is -2.31. The number of aryl methyl sites for hydroxylation is 1. The van der Waals surface area contributed by atoms with Crippen molar-refractivity contribution in [3.8, 4) is 0 Å². The maximum absolute atomic E-state index is 12.5. The maximum Gasteiger partial charge on any atom is 0.243 e. The van der Waals surface area contributed by atoms with E-state index in [0.29, 0.717) is 31.1 Å². The molecular formula is C13H20N2O3S. The fourth-order valence-electron chi connectivity index (χ4n) is 2.10. The zero-order valence-electron chi connectivity index (χ0n) is 11.1. The Morgan fingerprint density at radius 1 is 1.37 bits per heavy atom. The van der Waals surface area contributed by atoms with E-state index < -0.39 is 10.0 Å². The Morgan fingerprint density at radius 3 is 2.63 bits per heavy atom. The Balaban J connectivity index is 2.20. The molecule has 0 spiro atoms. The van der Waals surface area contributed by atoms with Gasteiger partial charge in [0.15, 0.2) is 0 Å². The Morgan fingerprint density at radius 2 is 2.05 bits per heavy atom. The van der Waals surface area contributed by atoms with Gasteiger partial charge in [0.05, 0.1) is 17.6 Å². The first-order valence-corrected chi connectivity index (χ1v) is 7.92. The molecule has 1 fully saturated rings. The average Bonchev–Trinajstić information content (AvgIpc) is 2.47. The number of hydrogen-bond acceptors (Lipinski definition) is 4. The van der Waals surface area contributed by atoms with Crippen molar-refractivity contribution in [2.75, 3.05) is 26.2 Å². The molecule has 1 aliphatic heterocycles. The molecule has 1 aromatic rings. The molecule has 0 amide bonds. The van der Waals surface area contributed by atoms with Gasteiger partial charge in [-0.3, -0.25) is 0 Å². The molecule has 1 heterocycles. The molecule has 0 bridgehead atoms. The van der Waals surface area contributed by atoms with Crippen LogP contribution in [0.25, 0.3) is 0 Å². The molecule has 1 aliphatic rings. The van der Waals surface area contributed by atoms with Gasteiger partial charge in [0.2, 0.25) is 10.0 Å². The van der Waals surface area contributed by atoms with Gasteiger partial charge in [-0.2, -0.15) is 4.31 Å². The highest BCUT2D eigenvalue weighted by Crippen LogP contribution is 2.19. The van der Waals surface area contributed by atoms with Crippen molar-refractivity contribution in [3.05, 3.63) is 29.8 Å². The highest BCUT2D eigenvalue weighted by atomic mass is 32.2. The molecule has 0 aliphatic carbocycles. The molecular weight excluding hydrogens is 264 g/mol. The van der Waals surface area contributed by atoms with E-state index >= 15 is 0 Å². The van der Waals surface area contributed by atoms with Crippen LogP contribution in [-0.4, -0.2) is 45.1 Å². The topological polar surface area (TPSA) is 72.6 Å². The number of morpholine rings is 1. The van der Waals surface area contributed by atoms with Gasteiger partial charge in [-0.05, 0) is 24.1 Å². The third-order valence-corrected chi connectivity index (χ3v) is 5.21. The van der Waals surface area contributed by atoms with Gasteiger partial charge in [-0.1, -0.05) is 19.1 Å². The zero-order valence-corrected chi connectivity index (χ0v) is 11.9. The first kappa shape index (κ1) is 14.5. The van der Waals surface area contributed by atoms with Crippen molar-refractivity contribution < 1.29 is 13.2 Å². The lowest BCUT2D eigenvalue weighted by atomic mass is 10.2. The van der Waals surface area contributed by atoms with Crippen LogP contribution in [0.1, 0.15) is 12.5 Å². The fourth-order valence-corrected chi connectivity index (χ4v) is 3.55. The molecule has 0 aromatic heterocycles. The number of ether oxygens (including phenoxy) is 1. The van der Waals surface area contributed by atoms with E-state index in [0.717, 1.165) is 12.0 Å². The van der Waals surface area contributed by atoms with Crippen LogP contribution in [-0.2, 0) is 21.2 Å². The second kappa shape index (κ2) is 6.00. The maximum atomic E-state index is 12.5. The monoisotopic (exact) mass is 284 g/mol. The summed E-state index contributed by atoms with van der Waals surface area (Å²) in [5, 5.41) is 0. The van der Waals surface area contributed by atoms with Crippen LogP contribution in [0, 0.1) is 0 Å². The third kappa shape index (κ3) is 3.14. The number of nitrogens with two attached hydrogens (primary N) is 1. The Labute approximate surface area is 114 Å². The molecule has 6 heteroatoms. The minimum Gasteiger partial charge on any atom is -0.374 e. The summed E-state index contributed by atoms with van der Waals surface area (Å²) in [6.07, 6.45) is 0.686. The molecule has 2 N–H and O–H groups in total. The SMILES string of the molecule is CCc1ccc(S(=O)(=O)N2CCO[C@H](CN)C2)cc1. The lowest BCUT2D eigenvalue weighted by molar-refractivity contribution is 0.00450. The van der Waals surface area contributed by atoms with Crippen LogP contribution >= 0.6 is 0 Å². The zero-order chi connectivity index (χ0) is 13.9. The summed E-state index contributed by atoms with van der Waals surface area (Å²) in [5.74, 6) is 0. The molecule has 19 heavy (non-hydrogen) atoms. The second-order valence-corrected chi connectivity index (χ2v) is 6.53. The standard InChI is InChI=1S/C13H20N2O3S/c1-2-11-3-5-13(6-4-11)19(16,17)15-7-8-18-12(9-14)10-15/h3-6,12H,2,7-10,14H2,1H3/t12-/m1/s1. The summed E-state index contributed by atoms with van der Waals surface area (Å²) in [4.78, 5) is 0.336. The Hall–Kier alpha value is -0.950. The second-order valence-electron chi connectivity index (χ2n) is 4.59. The van der Waals surface area contributed by atoms with Crippen molar-refractivity contribution >= 4 is 10.0 Å². The smallest absolute Gasteiger partial charge is 0.243 e. The summed E-state index contributed by atoms with van der Waals surface area (Å²) >= 11 is 0. The summed E-state index contributed by atoms with van der Waals surface area (Å²) in [6.45, 7) is 3.48. The molecule has 0 saturated carbocycles. The van der Waals surface area contributed by atoms with Crippen molar-refractivity contribution in [3.63, 3.8) is 0 Å². The van der Waals surface area contributed by atoms with Gasteiger partial charge in [-0.25, -0.2) is 8.42 Å². The van der Waals surface area contributed by atoms with E-state index in [9.17, 15) is 8.42 Å². The van der Waals surface area contributed by atoms with Gasteiger partial charge in [0, 0.05) is 19.6 Å². The Kier molecular flexibility index (Phi) is 4.57. The minimum atomic E-state index is -3.43. The van der Waals surface area contributed by atoms with Gasteiger partial charge in [-0.15, -0.1) is 0 Å². The molecule has 5 nitrogen and oxygen atoms in total. The molecule has 1 saturated heterocycles.